The lowest BCUT2D eigenvalue weighted by molar-refractivity contribution is -0.136. The number of carbonyl (C=O) groups excluding carboxylic acids is 3. The number of unbranched alkanes of at least 4 members (excludes halogenated alkanes) is 1. The molecular weight excluding hydrogens is 404 g/mol. The van der Waals surface area contributed by atoms with Crippen LogP contribution in [-0.4, -0.2) is 30.6 Å². The maximum absolute atomic E-state index is 12.7. The summed E-state index contributed by atoms with van der Waals surface area (Å²) in [6, 6.07) is 5.99. The summed E-state index contributed by atoms with van der Waals surface area (Å²) < 4.78 is 11.4. The first-order valence-electron chi connectivity index (χ1n) is 12.4. The molecule has 5 nitrogen and oxygen atoms in total. The van der Waals surface area contributed by atoms with E-state index in [1.807, 2.05) is 32.0 Å². The van der Waals surface area contributed by atoms with Crippen LogP contribution >= 0.6 is 0 Å². The molecule has 2 rings (SSSR count). The Labute approximate surface area is 193 Å². The third-order valence-electron chi connectivity index (χ3n) is 6.69. The molecule has 1 unspecified atom stereocenters. The van der Waals surface area contributed by atoms with Crippen molar-refractivity contribution in [3.8, 4) is 11.5 Å². The molecule has 1 aliphatic rings. The molecule has 178 valence electrons. The minimum atomic E-state index is -0.895. The molecule has 1 fully saturated rings. The molecule has 0 bridgehead atoms. The first kappa shape index (κ1) is 26.1. The topological polar surface area (TPSA) is 69.7 Å². The minimum Gasteiger partial charge on any atom is -0.494 e. The average molecular weight is 445 g/mol. The summed E-state index contributed by atoms with van der Waals surface area (Å²) in [5, 5.41) is 0. The molecule has 0 aliphatic heterocycles. The zero-order chi connectivity index (χ0) is 23.6. The maximum atomic E-state index is 12.7. The lowest BCUT2D eigenvalue weighted by Crippen LogP contribution is -2.33. The number of ketones is 3. The lowest BCUT2D eigenvalue weighted by atomic mass is 9.75. The van der Waals surface area contributed by atoms with Gasteiger partial charge in [-0.3, -0.25) is 14.4 Å². The van der Waals surface area contributed by atoms with E-state index in [1.54, 1.807) is 0 Å². The van der Waals surface area contributed by atoms with Crippen LogP contribution in [0.2, 0.25) is 0 Å². The fraction of sp³-hybridized carbons (Fsp3) is 0.667. The van der Waals surface area contributed by atoms with Crippen LogP contribution in [-0.2, 0) is 14.4 Å². The Morgan fingerprint density at radius 3 is 2.00 bits per heavy atom. The molecule has 1 aliphatic carbocycles. The Bertz CT molecular complexity index is 742. The van der Waals surface area contributed by atoms with Gasteiger partial charge in [0, 0.05) is 31.7 Å². The normalized spacial score (nSPS) is 16.2. The van der Waals surface area contributed by atoms with E-state index in [-0.39, 0.29) is 23.3 Å². The number of Topliss-reactive ketones (excluding diaryl/α,β-unsaturated/α-hetero) is 3. The summed E-state index contributed by atoms with van der Waals surface area (Å²) in [6.45, 7) is 9.26. The molecule has 1 aromatic rings. The van der Waals surface area contributed by atoms with Crippen molar-refractivity contribution in [2.45, 2.75) is 97.8 Å². The monoisotopic (exact) mass is 444 g/mol. The number of hydrogen-bond acceptors (Lipinski definition) is 5. The zero-order valence-electron chi connectivity index (χ0n) is 20.3. The molecule has 0 heterocycles. The highest BCUT2D eigenvalue weighted by molar-refractivity contribution is 6.13. The molecule has 0 N–H and O–H groups in total. The molecule has 1 aromatic carbocycles. The first-order chi connectivity index (χ1) is 15.4. The molecule has 1 saturated carbocycles. The van der Waals surface area contributed by atoms with Crippen molar-refractivity contribution in [2.24, 2.45) is 5.41 Å². The van der Waals surface area contributed by atoms with E-state index in [4.69, 9.17) is 9.47 Å². The summed E-state index contributed by atoms with van der Waals surface area (Å²) >= 11 is 0. The van der Waals surface area contributed by atoms with Crippen molar-refractivity contribution in [3.05, 3.63) is 23.8 Å². The quantitative estimate of drug-likeness (QED) is 0.301. The molecule has 0 spiro atoms. The van der Waals surface area contributed by atoms with Crippen LogP contribution in [0.5, 0.6) is 11.5 Å². The van der Waals surface area contributed by atoms with Crippen LogP contribution in [0.3, 0.4) is 0 Å². The minimum absolute atomic E-state index is 0.0476. The molecule has 0 saturated heterocycles. The van der Waals surface area contributed by atoms with Crippen LogP contribution in [0.15, 0.2) is 18.2 Å². The second-order valence-corrected chi connectivity index (χ2v) is 8.82. The third-order valence-corrected chi connectivity index (χ3v) is 6.69. The average Bonchev–Trinajstić information content (AvgIpc) is 3.05. The zero-order valence-corrected chi connectivity index (χ0v) is 20.3. The molecule has 32 heavy (non-hydrogen) atoms. The van der Waals surface area contributed by atoms with Crippen molar-refractivity contribution >= 4 is 17.3 Å². The molecule has 5 heteroatoms. The van der Waals surface area contributed by atoms with Crippen molar-refractivity contribution in [2.75, 3.05) is 13.2 Å². The standard InChI is InChI=1S/C27H40O5/c1-5-9-15-27(25(29)12-13-26(27)30)16-14-22(28)11-10-20(6-2)21-17-23(31-7-3)19-24(18-21)32-8-4/h17-20H,5-16H2,1-4H3. The number of hydrogen-bond donors (Lipinski definition) is 0. The van der Waals surface area contributed by atoms with E-state index in [9.17, 15) is 14.4 Å². The second kappa shape index (κ2) is 12.8. The van der Waals surface area contributed by atoms with Crippen LogP contribution in [0, 0.1) is 5.41 Å². The van der Waals surface area contributed by atoms with E-state index in [0.717, 1.165) is 42.7 Å². The lowest BCUT2D eigenvalue weighted by Gasteiger charge is -2.25. The molecule has 0 aromatic heterocycles. The van der Waals surface area contributed by atoms with Crippen molar-refractivity contribution in [3.63, 3.8) is 0 Å². The summed E-state index contributed by atoms with van der Waals surface area (Å²) in [4.78, 5) is 37.8. The molecule has 0 amide bonds. The van der Waals surface area contributed by atoms with Gasteiger partial charge in [-0.2, -0.15) is 0 Å². The Kier molecular flexibility index (Phi) is 10.4. The highest BCUT2D eigenvalue weighted by atomic mass is 16.5. The Morgan fingerprint density at radius 2 is 1.50 bits per heavy atom. The second-order valence-electron chi connectivity index (χ2n) is 8.82. The van der Waals surface area contributed by atoms with E-state index >= 15 is 0 Å². The van der Waals surface area contributed by atoms with E-state index in [1.165, 1.54) is 0 Å². The smallest absolute Gasteiger partial charge is 0.146 e. The van der Waals surface area contributed by atoms with Gasteiger partial charge in [0.15, 0.2) is 0 Å². The summed E-state index contributed by atoms with van der Waals surface area (Å²) in [6.07, 6.45) is 5.85. The Morgan fingerprint density at radius 1 is 0.906 bits per heavy atom. The fourth-order valence-corrected chi connectivity index (χ4v) is 4.77. The Balaban J connectivity index is 2.01. The molecule has 0 radical (unpaired) electrons. The van der Waals surface area contributed by atoms with Crippen LogP contribution in [0.25, 0.3) is 0 Å². The molecule has 1 atom stereocenters. The number of carbonyl (C=O) groups is 3. The number of ether oxygens (including phenoxy) is 2. The highest BCUT2D eigenvalue weighted by Crippen LogP contribution is 2.41. The summed E-state index contributed by atoms with van der Waals surface area (Å²) in [5.74, 6) is 2.03. The first-order valence-corrected chi connectivity index (χ1v) is 12.4. The fourth-order valence-electron chi connectivity index (χ4n) is 4.77. The highest BCUT2D eigenvalue weighted by Gasteiger charge is 2.48. The van der Waals surface area contributed by atoms with Gasteiger partial charge in [0.05, 0.1) is 18.6 Å². The largest absolute Gasteiger partial charge is 0.494 e. The van der Waals surface area contributed by atoms with Gasteiger partial charge in [-0.1, -0.05) is 26.7 Å². The van der Waals surface area contributed by atoms with Gasteiger partial charge in [0.1, 0.15) is 28.8 Å². The number of rotatable bonds is 15. The predicted molar refractivity (Wildman–Crippen MR) is 126 cm³/mol. The summed E-state index contributed by atoms with van der Waals surface area (Å²) in [7, 11) is 0. The van der Waals surface area contributed by atoms with E-state index < -0.39 is 5.41 Å². The van der Waals surface area contributed by atoms with Gasteiger partial charge in [-0.25, -0.2) is 0 Å². The van der Waals surface area contributed by atoms with Gasteiger partial charge in [-0.05, 0) is 63.1 Å². The van der Waals surface area contributed by atoms with Gasteiger partial charge >= 0.3 is 0 Å². The van der Waals surface area contributed by atoms with Crippen LogP contribution in [0.4, 0.5) is 0 Å². The van der Waals surface area contributed by atoms with Crippen molar-refractivity contribution in [1.29, 1.82) is 0 Å². The maximum Gasteiger partial charge on any atom is 0.146 e. The van der Waals surface area contributed by atoms with Gasteiger partial charge in [0.2, 0.25) is 0 Å². The summed E-state index contributed by atoms with van der Waals surface area (Å²) in [5.41, 5.74) is 0.226. The van der Waals surface area contributed by atoms with Gasteiger partial charge in [0.25, 0.3) is 0 Å². The predicted octanol–water partition coefficient (Wildman–Crippen LogP) is 6.22. The SMILES string of the molecule is CCCCC1(CCC(=O)CCC(CC)c2cc(OCC)cc(OCC)c2)C(=O)CCC1=O. The van der Waals surface area contributed by atoms with E-state index in [2.05, 4.69) is 13.8 Å². The van der Waals surface area contributed by atoms with Crippen LogP contribution in [0.1, 0.15) is 103 Å². The third kappa shape index (κ3) is 6.66. The van der Waals surface area contributed by atoms with Crippen LogP contribution < -0.4 is 9.47 Å². The molecular formula is C27H40O5. The van der Waals surface area contributed by atoms with Crippen molar-refractivity contribution < 1.29 is 23.9 Å². The van der Waals surface area contributed by atoms with Gasteiger partial charge < -0.3 is 9.47 Å². The Hall–Kier alpha value is -2.17. The van der Waals surface area contributed by atoms with Crippen molar-refractivity contribution in [1.82, 2.24) is 0 Å². The number of benzene rings is 1. The van der Waals surface area contributed by atoms with Gasteiger partial charge in [-0.15, -0.1) is 0 Å². The van der Waals surface area contributed by atoms with E-state index in [0.29, 0.717) is 51.7 Å².